The van der Waals surface area contributed by atoms with Crippen LogP contribution in [0.2, 0.25) is 5.15 Å². The van der Waals surface area contributed by atoms with Crippen LogP contribution in [0.25, 0.3) is 0 Å². The summed E-state index contributed by atoms with van der Waals surface area (Å²) in [5, 5.41) is 28.4. The number of esters is 1. The Morgan fingerprint density at radius 2 is 2.11 bits per heavy atom. The predicted octanol–water partition coefficient (Wildman–Crippen LogP) is 0.391. The van der Waals surface area contributed by atoms with E-state index in [1.54, 1.807) is 0 Å². The zero-order chi connectivity index (χ0) is 14.6. The number of carboxylic acids is 1. The molecule has 0 aromatic carbocycles. The van der Waals surface area contributed by atoms with Crippen LogP contribution >= 0.6 is 11.6 Å². The van der Waals surface area contributed by atoms with Crippen LogP contribution in [0.4, 0.5) is 0 Å². The molecule has 19 heavy (non-hydrogen) atoms. The lowest BCUT2D eigenvalue weighted by molar-refractivity contribution is -0.144. The summed E-state index contributed by atoms with van der Waals surface area (Å²) in [7, 11) is 1.13. The van der Waals surface area contributed by atoms with Crippen LogP contribution in [0.15, 0.2) is 12.3 Å². The molecule has 0 saturated heterocycles. The molecule has 0 aliphatic rings. The van der Waals surface area contributed by atoms with Crippen molar-refractivity contribution in [2.45, 2.75) is 18.6 Å². The van der Waals surface area contributed by atoms with Gasteiger partial charge in [0.25, 0.3) is 0 Å². The number of aromatic nitrogens is 1. The normalized spacial score (nSPS) is 13.7. The molecule has 0 aliphatic carbocycles. The number of carbonyl (C=O) groups excluding carboxylic acids is 1. The SMILES string of the molecule is COC(=O)CC(O)C(O)c1cnc(Cl)cc1C(=O)O. The number of aliphatic hydroxyl groups excluding tert-OH is 2. The van der Waals surface area contributed by atoms with Crippen LogP contribution in [0.1, 0.15) is 28.4 Å². The molecular formula is C11H12ClNO6. The number of aromatic carboxylic acids is 1. The van der Waals surface area contributed by atoms with Crippen molar-refractivity contribution in [1.82, 2.24) is 4.98 Å². The van der Waals surface area contributed by atoms with E-state index in [-0.39, 0.29) is 16.3 Å². The van der Waals surface area contributed by atoms with Crippen molar-refractivity contribution < 1.29 is 29.6 Å². The van der Waals surface area contributed by atoms with E-state index in [9.17, 15) is 19.8 Å². The van der Waals surface area contributed by atoms with E-state index in [4.69, 9.17) is 16.7 Å². The van der Waals surface area contributed by atoms with Crippen molar-refractivity contribution in [1.29, 1.82) is 0 Å². The number of methoxy groups -OCH3 is 1. The summed E-state index contributed by atoms with van der Waals surface area (Å²) < 4.78 is 4.34. The van der Waals surface area contributed by atoms with Gasteiger partial charge in [-0.05, 0) is 6.07 Å². The molecule has 0 amide bonds. The molecule has 0 fully saturated rings. The molecule has 7 nitrogen and oxygen atoms in total. The van der Waals surface area contributed by atoms with E-state index in [1.807, 2.05) is 0 Å². The summed E-state index contributed by atoms with van der Waals surface area (Å²) in [6, 6.07) is 1.05. The fourth-order valence-electron chi connectivity index (χ4n) is 1.43. The number of hydrogen-bond donors (Lipinski definition) is 3. The van der Waals surface area contributed by atoms with Crippen LogP contribution in [-0.2, 0) is 9.53 Å². The Morgan fingerprint density at radius 1 is 1.47 bits per heavy atom. The van der Waals surface area contributed by atoms with Crippen LogP contribution in [0.3, 0.4) is 0 Å². The number of hydrogen-bond acceptors (Lipinski definition) is 6. The van der Waals surface area contributed by atoms with Gasteiger partial charge < -0.3 is 20.1 Å². The lowest BCUT2D eigenvalue weighted by Crippen LogP contribution is -2.24. The first-order valence-electron chi connectivity index (χ1n) is 5.18. The Bertz CT molecular complexity index is 492. The van der Waals surface area contributed by atoms with E-state index in [0.717, 1.165) is 19.4 Å². The van der Waals surface area contributed by atoms with E-state index in [0.29, 0.717) is 0 Å². The van der Waals surface area contributed by atoms with Gasteiger partial charge in [-0.2, -0.15) is 0 Å². The van der Waals surface area contributed by atoms with Crippen molar-refractivity contribution in [3.63, 3.8) is 0 Å². The highest BCUT2D eigenvalue weighted by Gasteiger charge is 2.26. The molecule has 0 saturated carbocycles. The first-order chi connectivity index (χ1) is 8.86. The van der Waals surface area contributed by atoms with Gasteiger partial charge in [-0.25, -0.2) is 9.78 Å². The van der Waals surface area contributed by atoms with Gasteiger partial charge >= 0.3 is 11.9 Å². The molecule has 1 aromatic heterocycles. The molecular weight excluding hydrogens is 278 g/mol. The number of carbonyl (C=O) groups is 2. The lowest BCUT2D eigenvalue weighted by atomic mass is 9.99. The van der Waals surface area contributed by atoms with E-state index in [1.165, 1.54) is 0 Å². The molecule has 0 aliphatic heterocycles. The third-order valence-electron chi connectivity index (χ3n) is 2.42. The summed E-state index contributed by atoms with van der Waals surface area (Å²) in [5.74, 6) is -2.06. The highest BCUT2D eigenvalue weighted by atomic mass is 35.5. The number of ether oxygens (including phenoxy) is 1. The smallest absolute Gasteiger partial charge is 0.336 e. The minimum absolute atomic E-state index is 0.0594. The second-order valence-electron chi connectivity index (χ2n) is 3.69. The minimum Gasteiger partial charge on any atom is -0.478 e. The first kappa shape index (κ1) is 15.4. The maximum Gasteiger partial charge on any atom is 0.336 e. The van der Waals surface area contributed by atoms with Gasteiger partial charge in [0, 0.05) is 11.8 Å². The largest absolute Gasteiger partial charge is 0.478 e. The second kappa shape index (κ2) is 6.46. The Labute approximate surface area is 113 Å². The predicted molar refractivity (Wildman–Crippen MR) is 63.8 cm³/mol. The maximum absolute atomic E-state index is 11.0. The van der Waals surface area contributed by atoms with Crippen molar-refractivity contribution in [3.05, 3.63) is 28.5 Å². The van der Waals surface area contributed by atoms with E-state index in [2.05, 4.69) is 9.72 Å². The minimum atomic E-state index is -1.59. The zero-order valence-corrected chi connectivity index (χ0v) is 10.7. The maximum atomic E-state index is 11.0. The number of nitrogens with zero attached hydrogens (tertiary/aromatic N) is 1. The van der Waals surface area contributed by atoms with Crippen molar-refractivity contribution in [2.24, 2.45) is 0 Å². The highest BCUT2D eigenvalue weighted by molar-refractivity contribution is 6.29. The van der Waals surface area contributed by atoms with Crippen molar-refractivity contribution in [3.8, 4) is 0 Å². The molecule has 0 bridgehead atoms. The number of pyridine rings is 1. The summed E-state index contributed by atoms with van der Waals surface area (Å²) in [4.78, 5) is 25.6. The van der Waals surface area contributed by atoms with Gasteiger partial charge in [0.05, 0.1) is 25.2 Å². The molecule has 2 unspecified atom stereocenters. The molecule has 1 rings (SSSR count). The van der Waals surface area contributed by atoms with Crippen LogP contribution in [0.5, 0.6) is 0 Å². The summed E-state index contributed by atoms with van der Waals surface area (Å²) in [6.45, 7) is 0. The van der Waals surface area contributed by atoms with Gasteiger partial charge in [0.2, 0.25) is 0 Å². The van der Waals surface area contributed by atoms with Gasteiger partial charge in [0.1, 0.15) is 11.3 Å². The Kier molecular flexibility index (Phi) is 5.22. The Morgan fingerprint density at radius 3 is 2.63 bits per heavy atom. The fraction of sp³-hybridized carbons (Fsp3) is 0.364. The average Bonchev–Trinajstić information content (AvgIpc) is 2.37. The summed E-state index contributed by atoms with van der Waals surface area (Å²) in [6.07, 6.45) is -2.53. The molecule has 104 valence electrons. The van der Waals surface area contributed by atoms with Gasteiger partial charge in [-0.3, -0.25) is 4.79 Å². The highest BCUT2D eigenvalue weighted by Crippen LogP contribution is 2.24. The number of aliphatic hydroxyl groups is 2. The molecule has 3 N–H and O–H groups in total. The van der Waals surface area contributed by atoms with E-state index < -0.39 is 30.6 Å². The molecule has 2 atom stereocenters. The van der Waals surface area contributed by atoms with Gasteiger partial charge in [-0.15, -0.1) is 0 Å². The first-order valence-corrected chi connectivity index (χ1v) is 5.56. The molecule has 8 heteroatoms. The number of carboxylic acid groups (broad SMARTS) is 1. The molecule has 0 radical (unpaired) electrons. The average molecular weight is 290 g/mol. The van der Waals surface area contributed by atoms with Crippen LogP contribution in [-0.4, -0.2) is 45.5 Å². The molecule has 0 spiro atoms. The zero-order valence-electron chi connectivity index (χ0n) is 9.91. The summed E-state index contributed by atoms with van der Waals surface area (Å²) in [5.41, 5.74) is -0.426. The Balaban J connectivity index is 3.01. The fourth-order valence-corrected chi connectivity index (χ4v) is 1.59. The van der Waals surface area contributed by atoms with Crippen molar-refractivity contribution >= 4 is 23.5 Å². The van der Waals surface area contributed by atoms with Crippen LogP contribution in [0, 0.1) is 0 Å². The third kappa shape index (κ3) is 3.88. The third-order valence-corrected chi connectivity index (χ3v) is 2.63. The number of rotatable bonds is 5. The van der Waals surface area contributed by atoms with Gasteiger partial charge in [-0.1, -0.05) is 11.6 Å². The monoisotopic (exact) mass is 289 g/mol. The second-order valence-corrected chi connectivity index (χ2v) is 4.08. The Hall–Kier alpha value is -1.70. The van der Waals surface area contributed by atoms with Crippen molar-refractivity contribution in [2.75, 3.05) is 7.11 Å². The lowest BCUT2D eigenvalue weighted by Gasteiger charge is -2.18. The summed E-state index contributed by atoms with van der Waals surface area (Å²) >= 11 is 5.56. The van der Waals surface area contributed by atoms with Crippen LogP contribution < -0.4 is 0 Å². The molecule has 1 aromatic rings. The topological polar surface area (TPSA) is 117 Å². The van der Waals surface area contributed by atoms with Gasteiger partial charge in [0.15, 0.2) is 0 Å². The quantitative estimate of drug-likeness (QED) is 0.530. The standard InChI is InChI=1S/C11H12ClNO6/c1-19-9(15)3-7(14)10(16)6-4-13-8(12)2-5(6)11(17)18/h2,4,7,10,14,16H,3H2,1H3,(H,17,18). The molecule has 1 heterocycles. The van der Waals surface area contributed by atoms with E-state index >= 15 is 0 Å². The number of halogens is 1.